The van der Waals surface area contributed by atoms with E-state index < -0.39 is 16.0 Å². The van der Waals surface area contributed by atoms with Crippen LogP contribution >= 0.6 is 0 Å². The maximum atomic E-state index is 12.6. The molecule has 0 atom stereocenters. The number of hydrogen-bond donors (Lipinski definition) is 1. The second-order valence-electron chi connectivity index (χ2n) is 3.86. The smallest absolute Gasteiger partial charge is 0.233 e. The summed E-state index contributed by atoms with van der Waals surface area (Å²) < 4.78 is 38.5. The number of nitrogens with one attached hydrogen (secondary N) is 1. The molecule has 0 bridgehead atoms. The molecule has 2 aromatic heterocycles. The van der Waals surface area contributed by atoms with Crippen LogP contribution in [0.25, 0.3) is 0 Å². The normalized spacial score (nSPS) is 11.2. The Labute approximate surface area is 110 Å². The monoisotopic (exact) mass is 281 g/mol. The number of anilines is 1. The third-order valence-corrected chi connectivity index (χ3v) is 3.64. The lowest BCUT2D eigenvalue weighted by Crippen LogP contribution is -2.18. The first-order chi connectivity index (χ1) is 9.05. The van der Waals surface area contributed by atoms with E-state index >= 15 is 0 Å². The fraction of sp³-hybridized carbons (Fsp3) is 0.167. The number of nitrogens with zero attached hydrogens (tertiary/aromatic N) is 2. The zero-order chi connectivity index (χ0) is 13.7. The Morgan fingerprint density at radius 3 is 2.63 bits per heavy atom. The van der Waals surface area contributed by atoms with Crippen LogP contribution in [0.4, 0.5) is 10.1 Å². The Morgan fingerprint density at radius 2 is 2.00 bits per heavy atom. The van der Waals surface area contributed by atoms with Crippen molar-refractivity contribution in [2.75, 3.05) is 10.5 Å². The van der Waals surface area contributed by atoms with Crippen molar-refractivity contribution in [3.8, 4) is 0 Å². The fourth-order valence-corrected chi connectivity index (χ4v) is 2.51. The Kier molecular flexibility index (Phi) is 4.06. The van der Waals surface area contributed by atoms with Crippen molar-refractivity contribution in [2.24, 2.45) is 0 Å². The van der Waals surface area contributed by atoms with Crippen LogP contribution in [0.2, 0.25) is 0 Å². The molecular weight excluding hydrogens is 269 g/mol. The van der Waals surface area contributed by atoms with Crippen molar-refractivity contribution >= 4 is 15.7 Å². The molecule has 2 aromatic rings. The molecule has 100 valence electrons. The molecule has 7 heteroatoms. The second-order valence-corrected chi connectivity index (χ2v) is 5.70. The molecule has 0 saturated heterocycles. The third-order valence-electron chi connectivity index (χ3n) is 2.35. The number of pyridine rings is 2. The predicted octanol–water partition coefficient (Wildman–Crippen LogP) is 1.60. The van der Waals surface area contributed by atoms with Crippen molar-refractivity contribution in [1.29, 1.82) is 0 Å². The van der Waals surface area contributed by atoms with Crippen LogP contribution in [0.5, 0.6) is 0 Å². The number of aryl methyl sites for hydroxylation is 1. The molecule has 5 nitrogen and oxygen atoms in total. The van der Waals surface area contributed by atoms with E-state index in [-0.39, 0.29) is 11.4 Å². The van der Waals surface area contributed by atoms with E-state index in [9.17, 15) is 12.8 Å². The Morgan fingerprint density at radius 1 is 1.16 bits per heavy atom. The van der Waals surface area contributed by atoms with Gasteiger partial charge in [0, 0.05) is 18.3 Å². The molecule has 2 rings (SSSR count). The van der Waals surface area contributed by atoms with E-state index in [0.717, 1.165) is 12.3 Å². The molecule has 2 heterocycles. The summed E-state index contributed by atoms with van der Waals surface area (Å²) in [5, 5.41) is 0. The first kappa shape index (κ1) is 13.4. The minimum absolute atomic E-state index is 0.0958. The molecule has 0 unspecified atom stereocenters. The van der Waals surface area contributed by atoms with Gasteiger partial charge >= 0.3 is 0 Å². The molecule has 0 aliphatic rings. The lowest BCUT2D eigenvalue weighted by Gasteiger charge is -2.07. The number of halogens is 1. The zero-order valence-corrected chi connectivity index (χ0v) is 10.8. The van der Waals surface area contributed by atoms with Gasteiger partial charge in [-0.15, -0.1) is 0 Å². The van der Waals surface area contributed by atoms with Gasteiger partial charge < -0.3 is 0 Å². The molecule has 0 radical (unpaired) electrons. The zero-order valence-electron chi connectivity index (χ0n) is 9.95. The van der Waals surface area contributed by atoms with Gasteiger partial charge in [-0.25, -0.2) is 13.4 Å². The van der Waals surface area contributed by atoms with Crippen LogP contribution < -0.4 is 4.72 Å². The van der Waals surface area contributed by atoms with E-state index in [1.165, 1.54) is 6.07 Å². The van der Waals surface area contributed by atoms with Gasteiger partial charge in [0.05, 0.1) is 17.6 Å². The van der Waals surface area contributed by atoms with Crippen LogP contribution in [0.15, 0.2) is 42.7 Å². The fourth-order valence-electron chi connectivity index (χ4n) is 1.45. The molecular formula is C12H12FN3O2S. The van der Waals surface area contributed by atoms with Crippen molar-refractivity contribution in [1.82, 2.24) is 9.97 Å². The van der Waals surface area contributed by atoms with Gasteiger partial charge in [0.2, 0.25) is 16.0 Å². The number of hydrogen-bond acceptors (Lipinski definition) is 4. The molecule has 0 aromatic carbocycles. The lowest BCUT2D eigenvalue weighted by molar-refractivity contribution is 0.583. The minimum Gasteiger partial charge on any atom is -0.282 e. The highest BCUT2D eigenvalue weighted by molar-refractivity contribution is 7.92. The molecule has 0 aliphatic carbocycles. The van der Waals surface area contributed by atoms with Gasteiger partial charge in [0.15, 0.2) is 0 Å². The third kappa shape index (κ3) is 4.29. The predicted molar refractivity (Wildman–Crippen MR) is 69.5 cm³/mol. The maximum Gasteiger partial charge on any atom is 0.233 e. The highest BCUT2D eigenvalue weighted by Gasteiger charge is 2.11. The van der Waals surface area contributed by atoms with Gasteiger partial charge in [0.25, 0.3) is 0 Å². The summed E-state index contributed by atoms with van der Waals surface area (Å²) in [6.07, 6.45) is 3.05. The van der Waals surface area contributed by atoms with Gasteiger partial charge in [-0.2, -0.15) is 4.39 Å². The molecule has 0 saturated carbocycles. The van der Waals surface area contributed by atoms with Gasteiger partial charge in [0.1, 0.15) is 0 Å². The van der Waals surface area contributed by atoms with Crippen LogP contribution in [0.1, 0.15) is 5.69 Å². The van der Waals surface area contributed by atoms with Gasteiger partial charge in [-0.1, -0.05) is 6.07 Å². The Balaban J connectivity index is 1.97. The van der Waals surface area contributed by atoms with Crippen LogP contribution in [0.3, 0.4) is 0 Å². The van der Waals surface area contributed by atoms with Crippen molar-refractivity contribution in [2.45, 2.75) is 6.42 Å². The van der Waals surface area contributed by atoms with E-state index in [4.69, 9.17) is 0 Å². The molecule has 19 heavy (non-hydrogen) atoms. The summed E-state index contributed by atoms with van der Waals surface area (Å²) in [5.41, 5.74) is 0.938. The molecule has 0 fully saturated rings. The second kappa shape index (κ2) is 5.75. The first-order valence-corrected chi connectivity index (χ1v) is 7.22. The SMILES string of the molecule is O=S(=O)(CCc1ccccn1)Nc1ccc(F)nc1. The van der Waals surface area contributed by atoms with Crippen LogP contribution in [-0.4, -0.2) is 24.1 Å². The van der Waals surface area contributed by atoms with Gasteiger partial charge in [-0.05, 0) is 24.3 Å². The summed E-state index contributed by atoms with van der Waals surface area (Å²) in [6.45, 7) is 0. The lowest BCUT2D eigenvalue weighted by atomic mass is 10.3. The average Bonchev–Trinajstić information content (AvgIpc) is 2.40. The summed E-state index contributed by atoms with van der Waals surface area (Å²) in [6, 6.07) is 7.74. The van der Waals surface area contributed by atoms with E-state index in [1.807, 2.05) is 0 Å². The average molecular weight is 281 g/mol. The number of sulfonamides is 1. The topological polar surface area (TPSA) is 72.0 Å². The largest absolute Gasteiger partial charge is 0.282 e. The highest BCUT2D eigenvalue weighted by Crippen LogP contribution is 2.09. The quantitative estimate of drug-likeness (QED) is 0.845. The highest BCUT2D eigenvalue weighted by atomic mass is 32.2. The summed E-state index contributed by atoms with van der Waals surface area (Å²) in [5.74, 6) is -0.752. The number of aromatic nitrogens is 2. The van der Waals surface area contributed by atoms with Crippen molar-refractivity contribution in [3.05, 3.63) is 54.4 Å². The first-order valence-electron chi connectivity index (χ1n) is 5.57. The van der Waals surface area contributed by atoms with E-state index in [2.05, 4.69) is 14.7 Å². The van der Waals surface area contributed by atoms with E-state index in [1.54, 1.807) is 24.4 Å². The standard InChI is InChI=1S/C12H12FN3O2S/c13-12-5-4-11(9-15-12)16-19(17,18)8-6-10-3-1-2-7-14-10/h1-5,7,9,16H,6,8H2. The van der Waals surface area contributed by atoms with Gasteiger partial charge in [-0.3, -0.25) is 9.71 Å². The summed E-state index contributed by atoms with van der Waals surface area (Å²) >= 11 is 0. The Hall–Kier alpha value is -2.02. The number of rotatable bonds is 5. The minimum atomic E-state index is -3.50. The summed E-state index contributed by atoms with van der Waals surface area (Å²) in [7, 11) is -3.50. The molecule has 0 spiro atoms. The van der Waals surface area contributed by atoms with Crippen LogP contribution in [-0.2, 0) is 16.4 Å². The molecule has 0 amide bonds. The van der Waals surface area contributed by atoms with Crippen molar-refractivity contribution < 1.29 is 12.8 Å². The van der Waals surface area contributed by atoms with Crippen molar-refractivity contribution in [3.63, 3.8) is 0 Å². The molecule has 1 N–H and O–H groups in total. The van der Waals surface area contributed by atoms with Crippen LogP contribution in [0, 0.1) is 5.95 Å². The Bertz CT molecular complexity index is 630. The summed E-state index contributed by atoms with van der Waals surface area (Å²) in [4.78, 5) is 7.42. The molecule has 0 aliphatic heterocycles. The maximum absolute atomic E-state index is 12.6. The van der Waals surface area contributed by atoms with E-state index in [0.29, 0.717) is 12.1 Å².